The van der Waals surface area contributed by atoms with Crippen molar-refractivity contribution in [3.63, 3.8) is 0 Å². The molecule has 3 aromatic rings. The highest BCUT2D eigenvalue weighted by molar-refractivity contribution is 5.94. The number of nitrogens with zero attached hydrogens (tertiary/aromatic N) is 2. The number of benzene rings is 1. The Kier molecular flexibility index (Phi) is 4.23. The lowest BCUT2D eigenvalue weighted by molar-refractivity contribution is 0.0170. The second kappa shape index (κ2) is 6.71. The van der Waals surface area contributed by atoms with Gasteiger partial charge in [-0.3, -0.25) is 9.89 Å². The Balaban J connectivity index is 1.38. The summed E-state index contributed by atoms with van der Waals surface area (Å²) in [5, 5.41) is 6.83. The van der Waals surface area contributed by atoms with E-state index in [1.165, 1.54) is 18.2 Å². The molecule has 1 aromatic carbocycles. The van der Waals surface area contributed by atoms with Crippen molar-refractivity contribution in [2.45, 2.75) is 13.0 Å². The van der Waals surface area contributed by atoms with Crippen LogP contribution in [0.4, 0.5) is 4.39 Å². The third-order valence-electron chi connectivity index (χ3n) is 4.25. The lowest BCUT2D eigenvalue weighted by Crippen LogP contribution is -2.56. The van der Waals surface area contributed by atoms with Crippen molar-refractivity contribution in [2.75, 3.05) is 13.1 Å². The van der Waals surface area contributed by atoms with Crippen molar-refractivity contribution in [2.24, 2.45) is 0 Å². The number of amides is 1. The third-order valence-corrected chi connectivity index (χ3v) is 4.25. The molecule has 27 heavy (non-hydrogen) atoms. The zero-order chi connectivity index (χ0) is 19.0. The van der Waals surface area contributed by atoms with Crippen molar-refractivity contribution in [3.8, 4) is 17.0 Å². The number of aryl methyl sites for hydroxylation is 1. The Morgan fingerprint density at radius 2 is 2.00 bits per heavy atom. The molecule has 3 heterocycles. The van der Waals surface area contributed by atoms with E-state index in [1.807, 2.05) is 0 Å². The number of hydrogen-bond donors (Lipinski definition) is 1. The number of aromatic amines is 1. The molecular formula is C19H16FN3O4. The molecule has 0 unspecified atom stereocenters. The fraction of sp³-hybridized carbons (Fsp3) is 0.211. The molecule has 1 aliphatic heterocycles. The summed E-state index contributed by atoms with van der Waals surface area (Å²) in [5.74, 6) is 0.375. The van der Waals surface area contributed by atoms with E-state index in [1.54, 1.807) is 36.1 Å². The van der Waals surface area contributed by atoms with Gasteiger partial charge in [0.25, 0.3) is 5.91 Å². The van der Waals surface area contributed by atoms with Crippen molar-refractivity contribution >= 4 is 5.91 Å². The Morgan fingerprint density at radius 1 is 1.26 bits per heavy atom. The van der Waals surface area contributed by atoms with Crippen molar-refractivity contribution in [3.05, 3.63) is 70.2 Å². The van der Waals surface area contributed by atoms with Gasteiger partial charge in [0.2, 0.25) is 0 Å². The maximum atomic E-state index is 13.0. The number of aromatic nitrogens is 2. The first-order valence-corrected chi connectivity index (χ1v) is 8.37. The van der Waals surface area contributed by atoms with E-state index in [0.29, 0.717) is 36.0 Å². The summed E-state index contributed by atoms with van der Waals surface area (Å²) in [6.07, 6.45) is -0.186. The zero-order valence-corrected chi connectivity index (χ0v) is 14.4. The molecule has 0 radical (unpaired) electrons. The monoisotopic (exact) mass is 369 g/mol. The molecule has 0 bridgehead atoms. The maximum Gasteiger partial charge on any atom is 0.339 e. The summed E-state index contributed by atoms with van der Waals surface area (Å²) < 4.78 is 23.6. The standard InChI is InChI=1S/C19H16FN3O4/c1-11-6-14(7-18(24)26-11)27-15-9-23(10-15)19(25)17-8-16(21-22-17)12-2-4-13(20)5-3-12/h2-8,15H,9-10H2,1H3,(H,21,22). The lowest BCUT2D eigenvalue weighted by atomic mass is 10.1. The van der Waals surface area contributed by atoms with Gasteiger partial charge < -0.3 is 14.1 Å². The number of rotatable bonds is 4. The molecule has 1 N–H and O–H groups in total. The molecule has 0 atom stereocenters. The Hall–Kier alpha value is -3.42. The Morgan fingerprint density at radius 3 is 2.70 bits per heavy atom. The van der Waals surface area contributed by atoms with E-state index in [0.717, 1.165) is 5.56 Å². The number of likely N-dealkylation sites (tertiary alicyclic amines) is 1. The Bertz CT molecular complexity index is 1040. The minimum Gasteiger partial charge on any atom is -0.486 e. The SMILES string of the molecule is Cc1cc(OC2CN(C(=O)c3cc(-c4ccc(F)cc4)n[nH]3)C2)cc(=O)o1. The number of nitrogens with one attached hydrogen (secondary N) is 1. The molecule has 1 fully saturated rings. The number of carbonyl (C=O) groups excluding carboxylic acids is 1. The van der Waals surface area contributed by atoms with Gasteiger partial charge >= 0.3 is 5.63 Å². The molecule has 0 aliphatic carbocycles. The van der Waals surface area contributed by atoms with Crippen LogP contribution >= 0.6 is 0 Å². The van der Waals surface area contributed by atoms with Gasteiger partial charge in [0.1, 0.15) is 29.1 Å². The van der Waals surface area contributed by atoms with Gasteiger partial charge in [-0.25, -0.2) is 9.18 Å². The first-order valence-electron chi connectivity index (χ1n) is 8.37. The van der Waals surface area contributed by atoms with Crippen LogP contribution in [0, 0.1) is 12.7 Å². The first-order chi connectivity index (χ1) is 13.0. The van der Waals surface area contributed by atoms with E-state index in [-0.39, 0.29) is 17.8 Å². The van der Waals surface area contributed by atoms with Crippen LogP contribution in [-0.2, 0) is 0 Å². The average Bonchev–Trinajstić information content (AvgIpc) is 3.07. The minimum atomic E-state index is -0.469. The summed E-state index contributed by atoms with van der Waals surface area (Å²) in [6.45, 7) is 2.48. The van der Waals surface area contributed by atoms with Gasteiger partial charge in [-0.05, 0) is 37.3 Å². The van der Waals surface area contributed by atoms with Gasteiger partial charge in [-0.15, -0.1) is 0 Å². The van der Waals surface area contributed by atoms with Crippen molar-refractivity contribution < 1.29 is 18.3 Å². The number of H-pyrrole nitrogens is 1. The van der Waals surface area contributed by atoms with Crippen LogP contribution in [0.25, 0.3) is 11.3 Å². The predicted molar refractivity (Wildman–Crippen MR) is 94.0 cm³/mol. The smallest absolute Gasteiger partial charge is 0.339 e. The van der Waals surface area contributed by atoms with Crippen molar-refractivity contribution in [1.82, 2.24) is 15.1 Å². The van der Waals surface area contributed by atoms with Gasteiger partial charge in [-0.2, -0.15) is 5.10 Å². The second-order valence-electron chi connectivity index (χ2n) is 6.35. The quantitative estimate of drug-likeness (QED) is 0.763. The fourth-order valence-corrected chi connectivity index (χ4v) is 2.88. The van der Waals surface area contributed by atoms with E-state index in [4.69, 9.17) is 9.15 Å². The highest BCUT2D eigenvalue weighted by Crippen LogP contribution is 2.22. The molecule has 1 saturated heterocycles. The summed E-state index contributed by atoms with van der Waals surface area (Å²) in [7, 11) is 0. The van der Waals surface area contributed by atoms with Crippen LogP contribution in [0.1, 0.15) is 16.2 Å². The van der Waals surface area contributed by atoms with Crippen LogP contribution < -0.4 is 10.4 Å². The van der Waals surface area contributed by atoms with Gasteiger partial charge in [0.15, 0.2) is 0 Å². The molecule has 7 nitrogen and oxygen atoms in total. The second-order valence-corrected chi connectivity index (χ2v) is 6.35. The molecule has 0 saturated carbocycles. The van der Waals surface area contributed by atoms with Crippen LogP contribution in [-0.4, -0.2) is 40.2 Å². The third kappa shape index (κ3) is 3.59. The molecule has 138 valence electrons. The molecule has 4 rings (SSSR count). The summed E-state index contributed by atoms with van der Waals surface area (Å²) in [6, 6.07) is 10.4. The highest BCUT2D eigenvalue weighted by Gasteiger charge is 2.33. The molecular weight excluding hydrogens is 353 g/mol. The average molecular weight is 369 g/mol. The first kappa shape index (κ1) is 17.0. The summed E-state index contributed by atoms with van der Waals surface area (Å²) in [4.78, 5) is 25.5. The van der Waals surface area contributed by atoms with E-state index < -0.39 is 5.63 Å². The minimum absolute atomic E-state index is 0.186. The number of ether oxygens (including phenoxy) is 1. The van der Waals surface area contributed by atoms with E-state index >= 15 is 0 Å². The molecule has 0 spiro atoms. The zero-order valence-electron chi connectivity index (χ0n) is 14.4. The molecule has 1 aliphatic rings. The van der Waals surface area contributed by atoms with Crippen molar-refractivity contribution in [1.29, 1.82) is 0 Å². The predicted octanol–water partition coefficient (Wildman–Crippen LogP) is 2.38. The summed E-state index contributed by atoms with van der Waals surface area (Å²) in [5.41, 5.74) is 1.17. The highest BCUT2D eigenvalue weighted by atomic mass is 19.1. The van der Waals surface area contributed by atoms with Crippen LogP contribution in [0.3, 0.4) is 0 Å². The van der Waals surface area contributed by atoms with Crippen LogP contribution in [0.5, 0.6) is 5.75 Å². The van der Waals surface area contributed by atoms with E-state index in [9.17, 15) is 14.0 Å². The number of carbonyl (C=O) groups is 1. The maximum absolute atomic E-state index is 13.0. The molecule has 2 aromatic heterocycles. The number of halogens is 1. The van der Waals surface area contributed by atoms with Gasteiger partial charge in [0, 0.05) is 11.6 Å². The van der Waals surface area contributed by atoms with E-state index in [2.05, 4.69) is 10.2 Å². The fourth-order valence-electron chi connectivity index (χ4n) is 2.88. The summed E-state index contributed by atoms with van der Waals surface area (Å²) >= 11 is 0. The Labute approximate surface area is 153 Å². The molecule has 1 amide bonds. The van der Waals surface area contributed by atoms with Crippen LogP contribution in [0.15, 0.2) is 51.7 Å². The van der Waals surface area contributed by atoms with Gasteiger partial charge in [0.05, 0.1) is 24.8 Å². The molecule has 8 heteroatoms. The number of hydrogen-bond acceptors (Lipinski definition) is 5. The van der Waals surface area contributed by atoms with Crippen LogP contribution in [0.2, 0.25) is 0 Å². The van der Waals surface area contributed by atoms with Gasteiger partial charge in [-0.1, -0.05) is 0 Å². The lowest BCUT2D eigenvalue weighted by Gasteiger charge is -2.38. The normalized spacial score (nSPS) is 14.1. The largest absolute Gasteiger partial charge is 0.486 e. The topological polar surface area (TPSA) is 88.4 Å².